The summed E-state index contributed by atoms with van der Waals surface area (Å²) in [5.74, 6) is 0. The van der Waals surface area contributed by atoms with Crippen LogP contribution in [-0.4, -0.2) is 9.13 Å². The standard InChI is InChI=1S/C77H50N2/c1-2-16-60-48-77(47-59(60)15-1)69-45-57(51-31-27-49(28-32-51)55-37-41-75-67(43-55)65-21-7-9-23-73(65)78(75)71-25-11-17-53-13-3-5-19-61(53)71)35-39-63(69)64-40-36-58(46-70(64)77)52-33-29-50(30-34-52)56-38-42-76-68(44-56)66-22-8-10-24-74(66)79(76)72-26-12-18-54-14-4-6-20-62(54)72/h1-46H,47-48H2. The van der Waals surface area contributed by atoms with Crippen molar-refractivity contribution in [2.45, 2.75) is 18.3 Å². The Kier molecular flexibility index (Phi) is 9.49. The summed E-state index contributed by atoms with van der Waals surface area (Å²) < 4.78 is 4.88. The van der Waals surface area contributed by atoms with E-state index in [-0.39, 0.29) is 5.41 Å². The molecule has 0 saturated carbocycles. The van der Waals surface area contributed by atoms with Crippen LogP contribution >= 0.6 is 0 Å². The van der Waals surface area contributed by atoms with Crippen molar-refractivity contribution < 1.29 is 0 Å². The zero-order valence-corrected chi connectivity index (χ0v) is 43.4. The first-order valence-electron chi connectivity index (χ1n) is 27.7. The molecule has 2 heterocycles. The van der Waals surface area contributed by atoms with Crippen LogP contribution in [0.2, 0.25) is 0 Å². The zero-order chi connectivity index (χ0) is 51.8. The highest BCUT2D eigenvalue weighted by atomic mass is 15.0. The van der Waals surface area contributed by atoms with E-state index in [9.17, 15) is 0 Å². The fourth-order valence-electron chi connectivity index (χ4n) is 14.2. The molecule has 0 unspecified atom stereocenters. The van der Waals surface area contributed by atoms with Crippen LogP contribution in [0.15, 0.2) is 279 Å². The number of aromatic nitrogens is 2. The lowest BCUT2D eigenvalue weighted by Crippen LogP contribution is -2.26. The van der Waals surface area contributed by atoms with Gasteiger partial charge in [0.1, 0.15) is 0 Å². The van der Waals surface area contributed by atoms with Gasteiger partial charge in [0.25, 0.3) is 0 Å². The molecule has 0 aliphatic heterocycles. The van der Waals surface area contributed by atoms with Gasteiger partial charge in [-0.25, -0.2) is 0 Å². The lowest BCUT2D eigenvalue weighted by atomic mass is 9.74. The second-order valence-electron chi connectivity index (χ2n) is 22.0. The largest absolute Gasteiger partial charge is 0.309 e. The van der Waals surface area contributed by atoms with Crippen molar-refractivity contribution in [1.29, 1.82) is 0 Å². The third-order valence-electron chi connectivity index (χ3n) is 17.9. The average molecular weight is 1000 g/mol. The van der Waals surface area contributed by atoms with Crippen LogP contribution in [0.3, 0.4) is 0 Å². The van der Waals surface area contributed by atoms with Crippen LogP contribution in [0.5, 0.6) is 0 Å². The van der Waals surface area contributed by atoms with E-state index in [1.165, 1.54) is 154 Å². The van der Waals surface area contributed by atoms with Gasteiger partial charge in [-0.1, -0.05) is 218 Å². The Bertz CT molecular complexity index is 4680. The van der Waals surface area contributed by atoms with Crippen molar-refractivity contribution in [1.82, 2.24) is 9.13 Å². The highest BCUT2D eigenvalue weighted by Crippen LogP contribution is 2.57. The van der Waals surface area contributed by atoms with Crippen LogP contribution in [0.1, 0.15) is 22.3 Å². The first-order chi connectivity index (χ1) is 39.1. The number of fused-ring (bicyclic) bond motifs is 14. The van der Waals surface area contributed by atoms with Crippen molar-refractivity contribution in [2.75, 3.05) is 0 Å². The fourth-order valence-corrected chi connectivity index (χ4v) is 14.2. The summed E-state index contributed by atoms with van der Waals surface area (Å²) in [5.41, 5.74) is 25.5. The number of nitrogens with zero attached hydrogens (tertiary/aromatic N) is 2. The first kappa shape index (κ1) is 44.1. The third-order valence-corrected chi connectivity index (χ3v) is 17.9. The van der Waals surface area contributed by atoms with Gasteiger partial charge in [-0.2, -0.15) is 0 Å². The molecule has 2 aliphatic rings. The molecule has 0 fully saturated rings. The maximum absolute atomic E-state index is 2.52. The molecule has 0 bridgehead atoms. The van der Waals surface area contributed by atoms with Crippen molar-refractivity contribution in [2.24, 2.45) is 0 Å². The Morgan fingerprint density at radius 1 is 0.241 bits per heavy atom. The minimum Gasteiger partial charge on any atom is -0.309 e. The minimum atomic E-state index is -0.151. The fraction of sp³-hybridized carbons (Fsp3) is 0.0390. The van der Waals surface area contributed by atoms with Gasteiger partial charge in [0.2, 0.25) is 0 Å². The van der Waals surface area contributed by atoms with Gasteiger partial charge in [0.15, 0.2) is 0 Å². The summed E-state index contributed by atoms with van der Waals surface area (Å²) in [7, 11) is 0. The van der Waals surface area contributed by atoms with Gasteiger partial charge in [0.05, 0.1) is 33.4 Å². The summed E-state index contributed by atoms with van der Waals surface area (Å²) in [5, 5.41) is 10.0. The normalized spacial score (nSPS) is 13.3. The molecule has 13 aromatic carbocycles. The smallest absolute Gasteiger partial charge is 0.0541 e. The van der Waals surface area contributed by atoms with Crippen molar-refractivity contribution >= 4 is 65.2 Å². The number of rotatable bonds is 6. The number of hydrogen-bond acceptors (Lipinski definition) is 0. The van der Waals surface area contributed by atoms with Crippen LogP contribution in [0.4, 0.5) is 0 Å². The molecular formula is C77H50N2. The van der Waals surface area contributed by atoms with Gasteiger partial charge in [-0.3, -0.25) is 0 Å². The van der Waals surface area contributed by atoms with Gasteiger partial charge in [0, 0.05) is 37.7 Å². The van der Waals surface area contributed by atoms with E-state index in [0.717, 1.165) is 12.8 Å². The average Bonchev–Trinajstić information content (AvgIpc) is 4.44. The highest BCUT2D eigenvalue weighted by Gasteiger charge is 2.47. The number of hydrogen-bond donors (Lipinski definition) is 0. The van der Waals surface area contributed by atoms with Crippen LogP contribution in [0.25, 0.3) is 132 Å². The van der Waals surface area contributed by atoms with E-state index in [2.05, 4.69) is 288 Å². The molecule has 17 rings (SSSR count). The van der Waals surface area contributed by atoms with Gasteiger partial charge in [-0.15, -0.1) is 0 Å². The molecule has 2 aromatic heterocycles. The Balaban J connectivity index is 0.701. The second kappa shape index (κ2) is 17.0. The third kappa shape index (κ3) is 6.65. The highest BCUT2D eigenvalue weighted by molar-refractivity contribution is 6.13. The van der Waals surface area contributed by atoms with Crippen molar-refractivity contribution in [3.8, 4) is 67.0 Å². The molecule has 0 N–H and O–H groups in total. The lowest BCUT2D eigenvalue weighted by Gasteiger charge is -2.27. The minimum absolute atomic E-state index is 0.151. The van der Waals surface area contributed by atoms with Gasteiger partial charge < -0.3 is 9.13 Å². The van der Waals surface area contributed by atoms with E-state index in [1.807, 2.05) is 0 Å². The molecule has 2 heteroatoms. The van der Waals surface area contributed by atoms with E-state index in [4.69, 9.17) is 0 Å². The summed E-state index contributed by atoms with van der Waals surface area (Å²) in [6.07, 6.45) is 1.99. The SMILES string of the molecule is c1ccc2c(c1)CC1(C2)c2cc(-c3ccc(-c4ccc5c(c4)c4ccccc4n5-c4cccc5ccccc45)cc3)ccc2-c2ccc(-c3ccc(-c4ccc5c(c4)c4ccccc4n5-c4cccc5ccccc45)cc3)cc21. The summed E-state index contributed by atoms with van der Waals surface area (Å²) in [4.78, 5) is 0. The number of benzene rings is 13. The Morgan fingerprint density at radius 3 is 1.01 bits per heavy atom. The molecule has 0 radical (unpaired) electrons. The van der Waals surface area contributed by atoms with Gasteiger partial charge >= 0.3 is 0 Å². The Labute approximate surface area is 458 Å². The monoisotopic (exact) mass is 1000 g/mol. The van der Waals surface area contributed by atoms with Crippen LogP contribution in [-0.2, 0) is 18.3 Å². The van der Waals surface area contributed by atoms with Crippen molar-refractivity contribution in [3.05, 3.63) is 301 Å². The van der Waals surface area contributed by atoms with Gasteiger partial charge in [-0.05, 0) is 162 Å². The summed E-state index contributed by atoms with van der Waals surface area (Å²) in [6, 6.07) is 105. The number of para-hydroxylation sites is 2. The molecule has 15 aromatic rings. The lowest BCUT2D eigenvalue weighted by molar-refractivity contribution is 0.564. The predicted molar refractivity (Wildman–Crippen MR) is 332 cm³/mol. The van der Waals surface area contributed by atoms with E-state index >= 15 is 0 Å². The van der Waals surface area contributed by atoms with E-state index in [1.54, 1.807) is 0 Å². The first-order valence-corrected chi connectivity index (χ1v) is 27.7. The van der Waals surface area contributed by atoms with Crippen LogP contribution < -0.4 is 0 Å². The molecule has 0 amide bonds. The van der Waals surface area contributed by atoms with Crippen molar-refractivity contribution in [3.63, 3.8) is 0 Å². The molecule has 2 nitrogen and oxygen atoms in total. The van der Waals surface area contributed by atoms with E-state index in [0.29, 0.717) is 0 Å². The quantitative estimate of drug-likeness (QED) is 0.157. The Hall–Kier alpha value is -10.0. The predicted octanol–water partition coefficient (Wildman–Crippen LogP) is 19.9. The van der Waals surface area contributed by atoms with Crippen LogP contribution in [0, 0.1) is 0 Å². The maximum Gasteiger partial charge on any atom is 0.0541 e. The molecule has 1 spiro atoms. The topological polar surface area (TPSA) is 9.86 Å². The summed E-state index contributed by atoms with van der Waals surface area (Å²) in [6.45, 7) is 0. The second-order valence-corrected chi connectivity index (χ2v) is 22.0. The molecule has 368 valence electrons. The maximum atomic E-state index is 2.52. The molecule has 0 atom stereocenters. The molecule has 0 saturated heterocycles. The Morgan fingerprint density at radius 2 is 0.570 bits per heavy atom. The zero-order valence-electron chi connectivity index (χ0n) is 43.4. The summed E-state index contributed by atoms with van der Waals surface area (Å²) >= 11 is 0. The molecule has 2 aliphatic carbocycles. The van der Waals surface area contributed by atoms with E-state index < -0.39 is 0 Å². The molecular weight excluding hydrogens is 953 g/mol. The molecule has 79 heavy (non-hydrogen) atoms.